The highest BCUT2D eigenvalue weighted by atomic mass is 16.1. The third kappa shape index (κ3) is 4.33. The molecule has 0 bridgehead atoms. The zero-order valence-corrected chi connectivity index (χ0v) is 16.2. The van der Waals surface area contributed by atoms with Crippen LogP contribution in [0.5, 0.6) is 0 Å². The van der Waals surface area contributed by atoms with Gasteiger partial charge in [-0.3, -0.25) is 9.80 Å². The number of carbonyl (C=O) groups is 1. The molecule has 4 nitrogen and oxygen atoms in total. The smallest absolute Gasteiger partial charge is 0.252 e. The summed E-state index contributed by atoms with van der Waals surface area (Å²) >= 11 is 0. The molecule has 144 valence electrons. The second kappa shape index (κ2) is 8.87. The van der Waals surface area contributed by atoms with E-state index in [1.807, 2.05) is 54.7 Å². The molecular formula is C24H27N3O. The highest BCUT2D eigenvalue weighted by molar-refractivity contribution is 5.94. The Morgan fingerprint density at radius 2 is 1.61 bits per heavy atom. The Morgan fingerprint density at radius 1 is 0.929 bits per heavy atom. The van der Waals surface area contributed by atoms with Crippen LogP contribution in [0.1, 0.15) is 54.1 Å². The standard InChI is InChI=1S/C24H27N3O/c28-24(20-12-5-2-6-13-20)26-23(19-10-3-1-4-11-19)22-15-9-14-21(22)18-25-27-16-7-8-17-27/h1-6,10-13,18,23H,7-9,14-17H2,(H,26,28)/b25-18+/t23-/m0/s1. The molecule has 2 aromatic carbocycles. The minimum Gasteiger partial charge on any atom is -0.341 e. The van der Waals surface area contributed by atoms with Crippen LogP contribution >= 0.6 is 0 Å². The van der Waals surface area contributed by atoms with E-state index in [9.17, 15) is 4.79 Å². The van der Waals surface area contributed by atoms with Gasteiger partial charge in [-0.2, -0.15) is 5.10 Å². The van der Waals surface area contributed by atoms with Gasteiger partial charge in [-0.25, -0.2) is 0 Å². The van der Waals surface area contributed by atoms with Crippen molar-refractivity contribution in [3.8, 4) is 0 Å². The van der Waals surface area contributed by atoms with Crippen molar-refractivity contribution in [2.24, 2.45) is 5.10 Å². The van der Waals surface area contributed by atoms with Crippen LogP contribution in [0.2, 0.25) is 0 Å². The molecule has 1 aliphatic heterocycles. The van der Waals surface area contributed by atoms with Crippen molar-refractivity contribution in [2.75, 3.05) is 13.1 Å². The Balaban J connectivity index is 1.62. The molecule has 1 N–H and O–H groups in total. The Morgan fingerprint density at radius 3 is 2.32 bits per heavy atom. The molecule has 28 heavy (non-hydrogen) atoms. The Hall–Kier alpha value is -2.88. The quantitative estimate of drug-likeness (QED) is 0.745. The van der Waals surface area contributed by atoms with Gasteiger partial charge < -0.3 is 5.32 Å². The van der Waals surface area contributed by atoms with Gasteiger partial charge >= 0.3 is 0 Å². The lowest BCUT2D eigenvalue weighted by Gasteiger charge is -2.22. The monoisotopic (exact) mass is 373 g/mol. The topological polar surface area (TPSA) is 44.7 Å². The third-order valence-electron chi connectivity index (χ3n) is 5.56. The molecule has 0 unspecified atom stereocenters. The van der Waals surface area contributed by atoms with Gasteiger partial charge in [-0.15, -0.1) is 0 Å². The Bertz CT molecular complexity index is 852. The molecule has 1 atom stereocenters. The first-order valence-electron chi connectivity index (χ1n) is 10.2. The van der Waals surface area contributed by atoms with Crippen molar-refractivity contribution >= 4 is 12.1 Å². The van der Waals surface area contributed by atoms with E-state index in [2.05, 4.69) is 22.5 Å². The van der Waals surface area contributed by atoms with E-state index < -0.39 is 0 Å². The van der Waals surface area contributed by atoms with Gasteiger partial charge in [0, 0.05) is 18.7 Å². The minimum absolute atomic E-state index is 0.0373. The van der Waals surface area contributed by atoms with Crippen LogP contribution in [0.4, 0.5) is 0 Å². The van der Waals surface area contributed by atoms with Crippen molar-refractivity contribution in [3.63, 3.8) is 0 Å². The van der Waals surface area contributed by atoms with Gasteiger partial charge in [0.05, 0.1) is 12.3 Å². The van der Waals surface area contributed by atoms with Gasteiger partial charge in [0.1, 0.15) is 0 Å². The summed E-state index contributed by atoms with van der Waals surface area (Å²) in [4.78, 5) is 12.9. The number of benzene rings is 2. The van der Waals surface area contributed by atoms with Crippen molar-refractivity contribution in [3.05, 3.63) is 82.9 Å². The fourth-order valence-electron chi connectivity index (χ4n) is 4.06. The van der Waals surface area contributed by atoms with Gasteiger partial charge in [-0.05, 0) is 60.9 Å². The number of hydrogen-bond acceptors (Lipinski definition) is 3. The predicted molar refractivity (Wildman–Crippen MR) is 113 cm³/mol. The first-order chi connectivity index (χ1) is 13.8. The summed E-state index contributed by atoms with van der Waals surface area (Å²) in [7, 11) is 0. The summed E-state index contributed by atoms with van der Waals surface area (Å²) in [5.41, 5.74) is 4.37. The minimum atomic E-state index is -0.114. The van der Waals surface area contributed by atoms with Crippen molar-refractivity contribution in [1.29, 1.82) is 0 Å². The molecule has 2 aliphatic rings. The molecule has 4 rings (SSSR count). The molecule has 0 saturated carbocycles. The van der Waals surface area contributed by atoms with Crippen LogP contribution < -0.4 is 5.32 Å². The van der Waals surface area contributed by atoms with Crippen LogP contribution in [0.25, 0.3) is 0 Å². The second-order valence-electron chi connectivity index (χ2n) is 7.49. The SMILES string of the molecule is O=C(N[C@H](C1=C(/C=N/N2CCCC2)CCC1)c1ccccc1)c1ccccc1. The summed E-state index contributed by atoms with van der Waals surface area (Å²) in [6.07, 6.45) is 7.62. The largest absolute Gasteiger partial charge is 0.341 e. The van der Waals surface area contributed by atoms with Crippen LogP contribution in [0, 0.1) is 0 Å². The van der Waals surface area contributed by atoms with Gasteiger partial charge in [0.25, 0.3) is 5.91 Å². The molecule has 1 heterocycles. The van der Waals surface area contributed by atoms with E-state index in [1.165, 1.54) is 24.0 Å². The highest BCUT2D eigenvalue weighted by Crippen LogP contribution is 2.35. The Labute approximate surface area is 167 Å². The fourth-order valence-corrected chi connectivity index (χ4v) is 4.06. The first kappa shape index (κ1) is 18.5. The average molecular weight is 374 g/mol. The number of allylic oxidation sites excluding steroid dienone is 1. The number of carbonyl (C=O) groups excluding carboxylic acids is 1. The highest BCUT2D eigenvalue weighted by Gasteiger charge is 2.25. The third-order valence-corrected chi connectivity index (χ3v) is 5.56. The Kier molecular flexibility index (Phi) is 5.86. The lowest BCUT2D eigenvalue weighted by molar-refractivity contribution is 0.0942. The summed E-state index contributed by atoms with van der Waals surface area (Å²) in [5, 5.41) is 10.1. The number of amides is 1. The number of nitrogens with one attached hydrogen (secondary N) is 1. The molecule has 1 amide bonds. The average Bonchev–Trinajstić information content (AvgIpc) is 3.43. The normalized spacial score (nSPS) is 18.1. The van der Waals surface area contributed by atoms with Crippen LogP contribution in [-0.4, -0.2) is 30.2 Å². The van der Waals surface area contributed by atoms with E-state index in [-0.39, 0.29) is 11.9 Å². The molecule has 0 radical (unpaired) electrons. The summed E-state index contributed by atoms with van der Waals surface area (Å²) in [6, 6.07) is 19.6. The lowest BCUT2D eigenvalue weighted by atomic mass is 9.95. The molecule has 2 aromatic rings. The van der Waals surface area contributed by atoms with E-state index in [1.54, 1.807) is 0 Å². The molecule has 4 heteroatoms. The zero-order valence-electron chi connectivity index (χ0n) is 16.2. The lowest BCUT2D eigenvalue weighted by Crippen LogP contribution is -2.30. The number of hydrogen-bond donors (Lipinski definition) is 1. The van der Waals surface area contributed by atoms with Gasteiger partial charge in [0.15, 0.2) is 0 Å². The molecule has 1 aliphatic carbocycles. The molecule has 0 aromatic heterocycles. The molecule has 0 spiro atoms. The van der Waals surface area contributed by atoms with Gasteiger partial charge in [-0.1, -0.05) is 48.5 Å². The van der Waals surface area contributed by atoms with Gasteiger partial charge in [0.2, 0.25) is 0 Å². The van der Waals surface area contributed by atoms with Crippen molar-refractivity contribution in [2.45, 2.75) is 38.1 Å². The van der Waals surface area contributed by atoms with E-state index in [0.717, 1.165) is 37.9 Å². The van der Waals surface area contributed by atoms with E-state index >= 15 is 0 Å². The maximum absolute atomic E-state index is 12.9. The summed E-state index contributed by atoms with van der Waals surface area (Å²) < 4.78 is 0. The fraction of sp³-hybridized carbons (Fsp3) is 0.333. The second-order valence-corrected chi connectivity index (χ2v) is 7.49. The van der Waals surface area contributed by atoms with Crippen LogP contribution in [-0.2, 0) is 0 Å². The molecule has 1 fully saturated rings. The molecular weight excluding hydrogens is 346 g/mol. The van der Waals surface area contributed by atoms with Crippen molar-refractivity contribution < 1.29 is 4.79 Å². The number of rotatable bonds is 6. The van der Waals surface area contributed by atoms with E-state index in [0.29, 0.717) is 5.56 Å². The predicted octanol–water partition coefficient (Wildman–Crippen LogP) is 4.72. The number of nitrogens with zero attached hydrogens (tertiary/aromatic N) is 2. The number of hydrazone groups is 1. The molecule has 1 saturated heterocycles. The van der Waals surface area contributed by atoms with E-state index in [4.69, 9.17) is 5.10 Å². The van der Waals surface area contributed by atoms with Crippen LogP contribution in [0.15, 0.2) is 76.9 Å². The van der Waals surface area contributed by atoms with Crippen molar-refractivity contribution in [1.82, 2.24) is 10.3 Å². The summed E-state index contributed by atoms with van der Waals surface area (Å²) in [6.45, 7) is 2.10. The zero-order chi connectivity index (χ0) is 19.2. The maximum Gasteiger partial charge on any atom is 0.252 e. The first-order valence-corrected chi connectivity index (χ1v) is 10.2. The summed E-state index contributed by atoms with van der Waals surface area (Å²) in [5.74, 6) is -0.0373. The van der Waals surface area contributed by atoms with Crippen LogP contribution in [0.3, 0.4) is 0 Å². The maximum atomic E-state index is 12.9.